The summed E-state index contributed by atoms with van der Waals surface area (Å²) in [6.45, 7) is 5.35. The molecule has 1 atom stereocenters. The Morgan fingerprint density at radius 3 is 2.02 bits per heavy atom. The molecule has 0 aliphatic rings. The van der Waals surface area contributed by atoms with Crippen molar-refractivity contribution in [2.75, 3.05) is 17.4 Å². The minimum atomic E-state index is -4.19. The van der Waals surface area contributed by atoms with Gasteiger partial charge < -0.3 is 10.2 Å². The van der Waals surface area contributed by atoms with E-state index in [9.17, 15) is 22.4 Å². The molecule has 0 aliphatic carbocycles. The van der Waals surface area contributed by atoms with Crippen LogP contribution >= 0.6 is 0 Å². The zero-order valence-corrected chi connectivity index (χ0v) is 26.0. The number of aryl methyl sites for hydroxylation is 1. The van der Waals surface area contributed by atoms with Crippen LogP contribution in [0.25, 0.3) is 0 Å². The third-order valence-corrected chi connectivity index (χ3v) is 8.97. The number of carbonyl (C=O) groups excluding carboxylic acids is 2. The summed E-state index contributed by atoms with van der Waals surface area (Å²) in [4.78, 5) is 29.4. The van der Waals surface area contributed by atoms with Crippen molar-refractivity contribution in [1.82, 2.24) is 10.2 Å². The lowest BCUT2D eigenvalue weighted by molar-refractivity contribution is -0.140. The van der Waals surface area contributed by atoms with Gasteiger partial charge in [0.1, 0.15) is 18.4 Å². The Balaban J connectivity index is 1.79. The van der Waals surface area contributed by atoms with E-state index in [4.69, 9.17) is 0 Å². The molecule has 9 heteroatoms. The van der Waals surface area contributed by atoms with Gasteiger partial charge in [-0.05, 0) is 48.7 Å². The average Bonchev–Trinajstić information content (AvgIpc) is 3.02. The fourth-order valence-electron chi connectivity index (χ4n) is 4.75. The van der Waals surface area contributed by atoms with Gasteiger partial charge in [0.2, 0.25) is 11.8 Å². The molecule has 4 aromatic rings. The van der Waals surface area contributed by atoms with E-state index in [2.05, 4.69) is 5.32 Å². The standard InChI is InChI=1S/C35H38FN3O4S/c1-26(2)23-37-35(41)33(22-28-12-6-4-7-13-28)38(24-29-14-10-11-17-32(29)36)34(40)25-39(30-20-18-27(3)19-21-30)44(42,43)31-15-8-5-9-16-31/h4-21,26,33H,22-25H2,1-3H3,(H,37,41)/t33-/m0/s1. The highest BCUT2D eigenvalue weighted by molar-refractivity contribution is 7.92. The monoisotopic (exact) mass is 615 g/mol. The summed E-state index contributed by atoms with van der Waals surface area (Å²) >= 11 is 0. The van der Waals surface area contributed by atoms with E-state index < -0.39 is 40.2 Å². The minimum absolute atomic E-state index is 0.0181. The summed E-state index contributed by atoms with van der Waals surface area (Å²) in [6, 6.07) is 28.9. The summed E-state index contributed by atoms with van der Waals surface area (Å²) in [7, 11) is -4.19. The normalized spacial score (nSPS) is 12.0. The maximum absolute atomic E-state index is 15.0. The van der Waals surface area contributed by atoms with E-state index in [0.717, 1.165) is 15.4 Å². The van der Waals surface area contributed by atoms with Gasteiger partial charge >= 0.3 is 0 Å². The van der Waals surface area contributed by atoms with Crippen LogP contribution in [0.3, 0.4) is 0 Å². The van der Waals surface area contributed by atoms with E-state index in [1.54, 1.807) is 60.7 Å². The highest BCUT2D eigenvalue weighted by Crippen LogP contribution is 2.25. The molecule has 0 saturated carbocycles. The van der Waals surface area contributed by atoms with Gasteiger partial charge in [-0.2, -0.15) is 0 Å². The number of nitrogens with zero attached hydrogens (tertiary/aromatic N) is 2. The Kier molecular flexibility index (Phi) is 10.9. The fourth-order valence-corrected chi connectivity index (χ4v) is 6.18. The molecule has 2 amide bonds. The van der Waals surface area contributed by atoms with Gasteiger partial charge in [0.25, 0.3) is 10.0 Å². The quantitative estimate of drug-likeness (QED) is 0.208. The number of halogens is 1. The van der Waals surface area contributed by atoms with Crippen LogP contribution in [0.4, 0.5) is 10.1 Å². The Morgan fingerprint density at radius 1 is 0.818 bits per heavy atom. The molecule has 0 unspecified atom stereocenters. The second kappa shape index (κ2) is 14.8. The van der Waals surface area contributed by atoms with Crippen LogP contribution in [-0.4, -0.2) is 44.3 Å². The number of anilines is 1. The lowest BCUT2D eigenvalue weighted by Gasteiger charge is -2.34. The number of rotatable bonds is 13. The zero-order valence-electron chi connectivity index (χ0n) is 25.2. The lowest BCUT2D eigenvalue weighted by atomic mass is 10.0. The van der Waals surface area contributed by atoms with Gasteiger partial charge in [0.15, 0.2) is 0 Å². The minimum Gasteiger partial charge on any atom is -0.354 e. The second-order valence-electron chi connectivity index (χ2n) is 11.1. The third-order valence-electron chi connectivity index (χ3n) is 7.19. The molecule has 44 heavy (non-hydrogen) atoms. The van der Waals surface area contributed by atoms with Crippen molar-refractivity contribution >= 4 is 27.5 Å². The molecule has 4 aromatic carbocycles. The molecule has 4 rings (SSSR count). The third kappa shape index (κ3) is 8.32. The lowest BCUT2D eigenvalue weighted by Crippen LogP contribution is -2.53. The first-order valence-corrected chi connectivity index (χ1v) is 16.0. The van der Waals surface area contributed by atoms with Crippen LogP contribution in [0.15, 0.2) is 114 Å². The smallest absolute Gasteiger partial charge is 0.264 e. The SMILES string of the molecule is Cc1ccc(N(CC(=O)N(Cc2ccccc2F)[C@@H](Cc2ccccc2)C(=O)NCC(C)C)S(=O)(=O)c2ccccc2)cc1. The van der Waals surface area contributed by atoms with Crippen molar-refractivity contribution in [3.05, 3.63) is 132 Å². The maximum atomic E-state index is 15.0. The molecule has 230 valence electrons. The molecular formula is C35H38FN3O4S. The van der Waals surface area contributed by atoms with Gasteiger partial charge in [0.05, 0.1) is 10.6 Å². The van der Waals surface area contributed by atoms with Crippen LogP contribution in [-0.2, 0) is 32.6 Å². The molecule has 0 saturated heterocycles. The number of hydrogen-bond donors (Lipinski definition) is 1. The Morgan fingerprint density at radius 2 is 1.41 bits per heavy atom. The van der Waals surface area contributed by atoms with Gasteiger partial charge in [-0.3, -0.25) is 13.9 Å². The molecule has 0 spiro atoms. The summed E-state index contributed by atoms with van der Waals surface area (Å²) < 4.78 is 44.0. The van der Waals surface area contributed by atoms with Crippen LogP contribution < -0.4 is 9.62 Å². The van der Waals surface area contributed by atoms with Crippen molar-refractivity contribution in [1.29, 1.82) is 0 Å². The van der Waals surface area contributed by atoms with Gasteiger partial charge in [-0.25, -0.2) is 12.8 Å². The molecule has 0 radical (unpaired) electrons. The van der Waals surface area contributed by atoms with E-state index in [-0.39, 0.29) is 29.3 Å². The summed E-state index contributed by atoms with van der Waals surface area (Å²) in [5.74, 6) is -1.42. The van der Waals surface area contributed by atoms with Crippen LogP contribution in [0.5, 0.6) is 0 Å². The van der Waals surface area contributed by atoms with Crippen molar-refractivity contribution in [3.63, 3.8) is 0 Å². The van der Waals surface area contributed by atoms with E-state index in [0.29, 0.717) is 12.2 Å². The van der Waals surface area contributed by atoms with Crippen molar-refractivity contribution in [2.24, 2.45) is 5.92 Å². The van der Waals surface area contributed by atoms with E-state index in [1.807, 2.05) is 51.1 Å². The fraction of sp³-hybridized carbons (Fsp3) is 0.257. The van der Waals surface area contributed by atoms with Crippen molar-refractivity contribution < 1.29 is 22.4 Å². The number of carbonyl (C=O) groups is 2. The summed E-state index contributed by atoms with van der Waals surface area (Å²) in [5.41, 5.74) is 2.23. The molecule has 0 aromatic heterocycles. The van der Waals surface area contributed by atoms with Crippen molar-refractivity contribution in [3.8, 4) is 0 Å². The zero-order chi connectivity index (χ0) is 31.7. The predicted molar refractivity (Wildman–Crippen MR) is 171 cm³/mol. The number of sulfonamides is 1. The number of benzene rings is 4. The molecule has 7 nitrogen and oxygen atoms in total. The van der Waals surface area contributed by atoms with Gasteiger partial charge in [-0.1, -0.05) is 98.3 Å². The topological polar surface area (TPSA) is 86.8 Å². The summed E-state index contributed by atoms with van der Waals surface area (Å²) in [5, 5.41) is 2.93. The average molecular weight is 616 g/mol. The highest BCUT2D eigenvalue weighted by atomic mass is 32.2. The van der Waals surface area contributed by atoms with Crippen LogP contribution in [0, 0.1) is 18.7 Å². The van der Waals surface area contributed by atoms with Gasteiger partial charge in [0, 0.05) is 25.1 Å². The molecule has 0 heterocycles. The first-order chi connectivity index (χ1) is 21.1. The van der Waals surface area contributed by atoms with Crippen molar-refractivity contribution in [2.45, 2.75) is 44.7 Å². The molecule has 0 fully saturated rings. The highest BCUT2D eigenvalue weighted by Gasteiger charge is 2.35. The Hall–Kier alpha value is -4.50. The molecule has 0 aliphatic heterocycles. The Labute approximate surface area is 259 Å². The predicted octanol–water partition coefficient (Wildman–Crippen LogP) is 5.74. The largest absolute Gasteiger partial charge is 0.354 e. The molecular weight excluding hydrogens is 577 g/mol. The number of nitrogens with one attached hydrogen (secondary N) is 1. The van der Waals surface area contributed by atoms with E-state index in [1.165, 1.54) is 23.1 Å². The van der Waals surface area contributed by atoms with E-state index >= 15 is 0 Å². The van der Waals surface area contributed by atoms with Crippen LogP contribution in [0.2, 0.25) is 0 Å². The van der Waals surface area contributed by atoms with Crippen LogP contribution in [0.1, 0.15) is 30.5 Å². The maximum Gasteiger partial charge on any atom is 0.264 e. The number of hydrogen-bond acceptors (Lipinski definition) is 4. The van der Waals surface area contributed by atoms with Gasteiger partial charge in [-0.15, -0.1) is 0 Å². The first-order valence-electron chi connectivity index (χ1n) is 14.5. The first kappa shape index (κ1) is 32.4. The Bertz CT molecular complexity index is 1650. The molecule has 1 N–H and O–H groups in total. The second-order valence-corrected chi connectivity index (χ2v) is 13.0. The molecule has 0 bridgehead atoms. The number of amides is 2. The summed E-state index contributed by atoms with van der Waals surface area (Å²) in [6.07, 6.45) is 0.154.